The first-order chi connectivity index (χ1) is 15.1. The second kappa shape index (κ2) is 11.7. The number of methoxy groups -OCH3 is 1. The van der Waals surface area contributed by atoms with Crippen LogP contribution in [0, 0.1) is 0 Å². The first-order valence-electron chi connectivity index (χ1n) is 10.4. The van der Waals surface area contributed by atoms with E-state index in [0.717, 1.165) is 11.3 Å². The molecule has 0 saturated heterocycles. The van der Waals surface area contributed by atoms with E-state index >= 15 is 0 Å². The summed E-state index contributed by atoms with van der Waals surface area (Å²) < 4.78 is 10.2. The van der Waals surface area contributed by atoms with Gasteiger partial charge in [-0.1, -0.05) is 12.1 Å². The average molecular weight is 442 g/mol. The average Bonchev–Trinajstić information content (AvgIpc) is 2.73. The topological polar surface area (TPSA) is 106 Å². The molecule has 2 rings (SSSR count). The fraction of sp³-hybridized carbons (Fsp3) is 0.375. The number of carbonyl (C=O) groups is 3. The van der Waals surface area contributed by atoms with Gasteiger partial charge in [-0.25, -0.2) is 4.79 Å². The number of nitrogens with one attached hydrogen (secondary N) is 3. The van der Waals surface area contributed by atoms with Crippen molar-refractivity contribution in [2.45, 2.75) is 45.6 Å². The van der Waals surface area contributed by atoms with Gasteiger partial charge < -0.3 is 25.4 Å². The van der Waals surface area contributed by atoms with Crippen LogP contribution in [-0.4, -0.2) is 37.2 Å². The zero-order valence-corrected chi connectivity index (χ0v) is 19.0. The predicted molar refractivity (Wildman–Crippen MR) is 124 cm³/mol. The van der Waals surface area contributed by atoms with Crippen LogP contribution in [0.3, 0.4) is 0 Å². The Hall–Kier alpha value is -3.55. The van der Waals surface area contributed by atoms with Gasteiger partial charge in [-0.05, 0) is 69.2 Å². The molecule has 3 amide bonds. The summed E-state index contributed by atoms with van der Waals surface area (Å²) in [7, 11) is 1.61. The van der Waals surface area contributed by atoms with E-state index < -0.39 is 11.7 Å². The number of hydrogen-bond donors (Lipinski definition) is 3. The summed E-state index contributed by atoms with van der Waals surface area (Å²) in [5.41, 5.74) is 1.72. The molecule has 0 heterocycles. The number of amides is 3. The van der Waals surface area contributed by atoms with Gasteiger partial charge in [0.05, 0.1) is 7.11 Å². The molecule has 8 nitrogen and oxygen atoms in total. The predicted octanol–water partition coefficient (Wildman–Crippen LogP) is 4.12. The summed E-state index contributed by atoms with van der Waals surface area (Å²) in [4.78, 5) is 35.8. The van der Waals surface area contributed by atoms with Crippen LogP contribution in [0.1, 0.15) is 39.2 Å². The van der Waals surface area contributed by atoms with Crippen LogP contribution in [0.15, 0.2) is 48.5 Å². The monoisotopic (exact) mass is 441 g/mol. The van der Waals surface area contributed by atoms with Crippen LogP contribution in [0.4, 0.5) is 16.2 Å². The van der Waals surface area contributed by atoms with Gasteiger partial charge in [0.2, 0.25) is 11.8 Å². The van der Waals surface area contributed by atoms with Crippen molar-refractivity contribution in [1.82, 2.24) is 5.32 Å². The van der Waals surface area contributed by atoms with Crippen molar-refractivity contribution in [3.05, 3.63) is 54.1 Å². The molecule has 0 saturated carbocycles. The summed E-state index contributed by atoms with van der Waals surface area (Å²) in [5, 5.41) is 8.13. The van der Waals surface area contributed by atoms with Crippen LogP contribution >= 0.6 is 0 Å². The highest BCUT2D eigenvalue weighted by atomic mass is 16.6. The molecular weight excluding hydrogens is 410 g/mol. The van der Waals surface area contributed by atoms with E-state index in [1.807, 2.05) is 24.3 Å². The standard InChI is InChI=1S/C24H31N3O5/c1-24(2,3)32-23(30)25-16-15-22(29)27-19-10-8-18(9-11-19)26-21(28)14-7-17-5-12-20(31-4)13-6-17/h5-6,8-13H,7,14-16H2,1-4H3,(H,25,30)(H,26,28)(H,27,29). The van der Waals surface area contributed by atoms with Gasteiger partial charge in [-0.3, -0.25) is 9.59 Å². The molecule has 2 aromatic rings. The number of ether oxygens (including phenoxy) is 2. The Morgan fingerprint density at radius 2 is 1.34 bits per heavy atom. The van der Waals surface area contributed by atoms with Gasteiger partial charge in [0, 0.05) is 30.8 Å². The molecule has 0 atom stereocenters. The zero-order chi connectivity index (χ0) is 23.6. The molecule has 172 valence electrons. The Bertz CT molecular complexity index is 903. The third-order valence-corrected chi connectivity index (χ3v) is 4.27. The lowest BCUT2D eigenvalue weighted by atomic mass is 10.1. The van der Waals surface area contributed by atoms with Crippen LogP contribution in [0.5, 0.6) is 5.75 Å². The number of rotatable bonds is 9. The second-order valence-electron chi connectivity index (χ2n) is 8.20. The lowest BCUT2D eigenvalue weighted by Crippen LogP contribution is -2.34. The van der Waals surface area contributed by atoms with Crippen molar-refractivity contribution in [3.63, 3.8) is 0 Å². The summed E-state index contributed by atoms with van der Waals surface area (Å²) in [6, 6.07) is 14.5. The van der Waals surface area contributed by atoms with Crippen molar-refractivity contribution in [3.8, 4) is 5.75 Å². The lowest BCUT2D eigenvalue weighted by molar-refractivity contribution is -0.117. The van der Waals surface area contributed by atoms with Gasteiger partial charge in [0.1, 0.15) is 11.4 Å². The molecular formula is C24H31N3O5. The number of aryl methyl sites for hydroxylation is 1. The highest BCUT2D eigenvalue weighted by molar-refractivity contribution is 5.93. The van der Waals surface area contributed by atoms with Crippen molar-refractivity contribution < 1.29 is 23.9 Å². The number of anilines is 2. The Morgan fingerprint density at radius 3 is 1.84 bits per heavy atom. The van der Waals surface area contributed by atoms with Crippen LogP contribution < -0.4 is 20.7 Å². The Labute approximate surface area is 188 Å². The first-order valence-corrected chi connectivity index (χ1v) is 10.4. The zero-order valence-electron chi connectivity index (χ0n) is 19.0. The molecule has 0 aliphatic rings. The van der Waals surface area contributed by atoms with Crippen molar-refractivity contribution in [1.29, 1.82) is 0 Å². The van der Waals surface area contributed by atoms with Crippen molar-refractivity contribution in [2.24, 2.45) is 0 Å². The van der Waals surface area contributed by atoms with Gasteiger partial charge in [-0.2, -0.15) is 0 Å². The number of carbonyl (C=O) groups excluding carboxylic acids is 3. The minimum Gasteiger partial charge on any atom is -0.497 e. The van der Waals surface area contributed by atoms with E-state index in [0.29, 0.717) is 24.2 Å². The van der Waals surface area contributed by atoms with E-state index in [9.17, 15) is 14.4 Å². The van der Waals surface area contributed by atoms with E-state index in [1.54, 1.807) is 52.1 Å². The fourth-order valence-corrected chi connectivity index (χ4v) is 2.73. The summed E-state index contributed by atoms with van der Waals surface area (Å²) in [6.07, 6.45) is 0.539. The smallest absolute Gasteiger partial charge is 0.407 e. The van der Waals surface area contributed by atoms with Crippen molar-refractivity contribution in [2.75, 3.05) is 24.3 Å². The number of benzene rings is 2. The largest absolute Gasteiger partial charge is 0.497 e. The van der Waals surface area contributed by atoms with Crippen LogP contribution in [-0.2, 0) is 20.7 Å². The minimum atomic E-state index is -0.584. The fourth-order valence-electron chi connectivity index (χ4n) is 2.73. The van der Waals surface area contributed by atoms with E-state index in [-0.39, 0.29) is 24.8 Å². The van der Waals surface area contributed by atoms with E-state index in [1.165, 1.54) is 0 Å². The molecule has 0 bridgehead atoms. The Balaban J connectivity index is 1.70. The van der Waals surface area contributed by atoms with Crippen LogP contribution in [0.2, 0.25) is 0 Å². The summed E-state index contributed by atoms with van der Waals surface area (Å²) in [5.74, 6) is 0.452. The maximum Gasteiger partial charge on any atom is 0.407 e. The maximum absolute atomic E-state index is 12.2. The van der Waals surface area contributed by atoms with Gasteiger partial charge >= 0.3 is 6.09 Å². The highest BCUT2D eigenvalue weighted by Gasteiger charge is 2.15. The molecule has 0 aromatic heterocycles. The molecule has 0 aliphatic carbocycles. The third-order valence-electron chi connectivity index (χ3n) is 4.27. The highest BCUT2D eigenvalue weighted by Crippen LogP contribution is 2.16. The summed E-state index contributed by atoms with van der Waals surface area (Å²) in [6.45, 7) is 5.48. The van der Waals surface area contributed by atoms with Gasteiger partial charge in [0.15, 0.2) is 0 Å². The quantitative estimate of drug-likeness (QED) is 0.543. The van der Waals surface area contributed by atoms with E-state index in [4.69, 9.17) is 9.47 Å². The Morgan fingerprint density at radius 1 is 0.812 bits per heavy atom. The SMILES string of the molecule is COc1ccc(CCC(=O)Nc2ccc(NC(=O)CCNC(=O)OC(C)(C)C)cc2)cc1. The molecule has 0 unspecified atom stereocenters. The molecule has 0 aliphatic heterocycles. The molecule has 0 radical (unpaired) electrons. The first kappa shape index (κ1) is 24.7. The molecule has 2 aromatic carbocycles. The molecule has 3 N–H and O–H groups in total. The van der Waals surface area contributed by atoms with E-state index in [2.05, 4.69) is 16.0 Å². The molecule has 32 heavy (non-hydrogen) atoms. The molecule has 8 heteroatoms. The second-order valence-corrected chi connectivity index (χ2v) is 8.20. The normalized spacial score (nSPS) is 10.8. The molecule has 0 fully saturated rings. The lowest BCUT2D eigenvalue weighted by Gasteiger charge is -2.19. The number of alkyl carbamates (subject to hydrolysis) is 1. The molecule has 0 spiro atoms. The van der Waals surface area contributed by atoms with Crippen molar-refractivity contribution >= 4 is 29.3 Å². The third kappa shape index (κ3) is 9.51. The summed E-state index contributed by atoms with van der Waals surface area (Å²) >= 11 is 0. The maximum atomic E-state index is 12.2. The van der Waals surface area contributed by atoms with Crippen LogP contribution in [0.25, 0.3) is 0 Å². The Kier molecular flexibility index (Phi) is 9.07. The minimum absolute atomic E-state index is 0.0918. The van der Waals surface area contributed by atoms with Gasteiger partial charge in [0.25, 0.3) is 0 Å². The number of hydrogen-bond acceptors (Lipinski definition) is 5. The van der Waals surface area contributed by atoms with Gasteiger partial charge in [-0.15, -0.1) is 0 Å².